The van der Waals surface area contributed by atoms with Crippen molar-refractivity contribution in [1.29, 1.82) is 0 Å². The zero-order chi connectivity index (χ0) is 18.5. The van der Waals surface area contributed by atoms with Gasteiger partial charge in [-0.05, 0) is 35.9 Å². The first-order valence-corrected chi connectivity index (χ1v) is 8.46. The number of carbonyl (C=O) groups is 1. The van der Waals surface area contributed by atoms with E-state index in [4.69, 9.17) is 14.2 Å². The molecule has 1 unspecified atom stereocenters. The van der Waals surface area contributed by atoms with Crippen molar-refractivity contribution in [2.24, 2.45) is 0 Å². The second kappa shape index (κ2) is 8.19. The summed E-state index contributed by atoms with van der Waals surface area (Å²) in [7, 11) is 3.16. The molecule has 0 N–H and O–H groups in total. The molecule has 2 aromatic carbocycles. The lowest BCUT2D eigenvalue weighted by Crippen LogP contribution is -2.43. The molecule has 0 radical (unpaired) electrons. The van der Waals surface area contributed by atoms with Crippen LogP contribution in [0.15, 0.2) is 42.5 Å². The summed E-state index contributed by atoms with van der Waals surface area (Å²) in [6.07, 6.45) is -0.0308. The Balaban J connectivity index is 1.70. The Bertz CT molecular complexity index is 763. The Morgan fingerprint density at radius 2 is 1.96 bits per heavy atom. The van der Waals surface area contributed by atoms with E-state index in [1.807, 2.05) is 6.07 Å². The quantitative estimate of drug-likeness (QED) is 0.824. The van der Waals surface area contributed by atoms with E-state index < -0.39 is 0 Å². The summed E-state index contributed by atoms with van der Waals surface area (Å²) >= 11 is 0. The molecule has 1 aliphatic heterocycles. The van der Waals surface area contributed by atoms with Crippen LogP contribution in [0.3, 0.4) is 0 Å². The van der Waals surface area contributed by atoms with Crippen molar-refractivity contribution in [1.82, 2.24) is 4.90 Å². The van der Waals surface area contributed by atoms with Gasteiger partial charge in [-0.15, -0.1) is 0 Å². The number of carbonyl (C=O) groups excluding carboxylic acids is 1. The lowest BCUT2D eigenvalue weighted by molar-refractivity contribution is -0.138. The first kappa shape index (κ1) is 18.2. The molecule has 26 heavy (non-hydrogen) atoms. The van der Waals surface area contributed by atoms with Crippen molar-refractivity contribution >= 4 is 5.91 Å². The maximum atomic E-state index is 13.1. The van der Waals surface area contributed by atoms with Crippen LogP contribution in [0, 0.1) is 5.82 Å². The van der Waals surface area contributed by atoms with E-state index in [0.29, 0.717) is 31.2 Å². The molecule has 1 saturated heterocycles. The fourth-order valence-electron chi connectivity index (χ4n) is 3.05. The van der Waals surface area contributed by atoms with Crippen molar-refractivity contribution in [2.75, 3.05) is 33.9 Å². The van der Waals surface area contributed by atoms with Gasteiger partial charge in [0.1, 0.15) is 23.4 Å². The molecule has 138 valence electrons. The van der Waals surface area contributed by atoms with Crippen LogP contribution in [0.1, 0.15) is 17.2 Å². The van der Waals surface area contributed by atoms with Crippen molar-refractivity contribution < 1.29 is 23.4 Å². The van der Waals surface area contributed by atoms with Gasteiger partial charge in [-0.3, -0.25) is 4.79 Å². The summed E-state index contributed by atoms with van der Waals surface area (Å²) in [6.45, 7) is 1.42. The molecule has 1 fully saturated rings. The monoisotopic (exact) mass is 359 g/mol. The zero-order valence-electron chi connectivity index (χ0n) is 14.9. The molecule has 3 rings (SSSR count). The van der Waals surface area contributed by atoms with Crippen LogP contribution in [0.4, 0.5) is 4.39 Å². The number of hydrogen-bond acceptors (Lipinski definition) is 4. The zero-order valence-corrected chi connectivity index (χ0v) is 14.9. The van der Waals surface area contributed by atoms with E-state index in [0.717, 1.165) is 11.1 Å². The fraction of sp³-hybridized carbons (Fsp3) is 0.350. The number of ether oxygens (including phenoxy) is 3. The van der Waals surface area contributed by atoms with Crippen LogP contribution < -0.4 is 9.47 Å². The van der Waals surface area contributed by atoms with Crippen molar-refractivity contribution in [3.8, 4) is 11.5 Å². The van der Waals surface area contributed by atoms with Crippen LogP contribution in [-0.2, 0) is 16.0 Å². The van der Waals surface area contributed by atoms with Gasteiger partial charge >= 0.3 is 0 Å². The number of benzene rings is 2. The summed E-state index contributed by atoms with van der Waals surface area (Å²) in [5, 5.41) is 0. The Labute approximate surface area is 152 Å². The highest BCUT2D eigenvalue weighted by molar-refractivity contribution is 5.80. The number of halogens is 1. The van der Waals surface area contributed by atoms with Crippen molar-refractivity contribution in [2.45, 2.75) is 12.5 Å². The molecule has 0 bridgehead atoms. The molecule has 5 nitrogen and oxygen atoms in total. The van der Waals surface area contributed by atoms with Crippen LogP contribution in [-0.4, -0.2) is 44.7 Å². The molecular weight excluding hydrogens is 337 g/mol. The molecular formula is C20H22FNO4. The van der Waals surface area contributed by atoms with Gasteiger partial charge < -0.3 is 19.1 Å². The van der Waals surface area contributed by atoms with Crippen LogP contribution >= 0.6 is 0 Å². The summed E-state index contributed by atoms with van der Waals surface area (Å²) in [5.41, 5.74) is 1.64. The van der Waals surface area contributed by atoms with Crippen molar-refractivity contribution in [3.63, 3.8) is 0 Å². The van der Waals surface area contributed by atoms with Crippen LogP contribution in [0.5, 0.6) is 11.5 Å². The number of amides is 1. The van der Waals surface area contributed by atoms with Crippen molar-refractivity contribution in [3.05, 3.63) is 59.4 Å². The summed E-state index contributed by atoms with van der Waals surface area (Å²) in [5.74, 6) is 1.04. The maximum Gasteiger partial charge on any atom is 0.227 e. The average Bonchev–Trinajstić information content (AvgIpc) is 2.68. The van der Waals surface area contributed by atoms with Crippen LogP contribution in [0.2, 0.25) is 0 Å². The molecule has 0 saturated carbocycles. The Hall–Kier alpha value is -2.60. The minimum atomic E-state index is -0.289. The van der Waals surface area contributed by atoms with Gasteiger partial charge in [0, 0.05) is 12.1 Å². The summed E-state index contributed by atoms with van der Waals surface area (Å²) in [6, 6.07) is 11.6. The average molecular weight is 359 g/mol. The molecule has 1 atom stereocenters. The third-order valence-electron chi connectivity index (χ3n) is 4.49. The second-order valence-corrected chi connectivity index (χ2v) is 6.11. The minimum absolute atomic E-state index is 0.00744. The van der Waals surface area contributed by atoms with E-state index in [1.54, 1.807) is 43.4 Å². The lowest BCUT2D eigenvalue weighted by Gasteiger charge is -2.33. The molecule has 6 heteroatoms. The predicted molar refractivity (Wildman–Crippen MR) is 94.9 cm³/mol. The first-order chi connectivity index (χ1) is 12.6. The number of hydrogen-bond donors (Lipinski definition) is 0. The largest absolute Gasteiger partial charge is 0.497 e. The molecule has 1 heterocycles. The van der Waals surface area contributed by atoms with Gasteiger partial charge in [0.15, 0.2) is 0 Å². The van der Waals surface area contributed by atoms with Gasteiger partial charge in [0.2, 0.25) is 5.91 Å². The lowest BCUT2D eigenvalue weighted by atomic mass is 10.1. The Kier molecular flexibility index (Phi) is 5.73. The molecule has 1 aliphatic rings. The minimum Gasteiger partial charge on any atom is -0.497 e. The number of methoxy groups -OCH3 is 2. The van der Waals surface area contributed by atoms with E-state index in [2.05, 4.69) is 0 Å². The third-order valence-corrected chi connectivity index (χ3v) is 4.49. The topological polar surface area (TPSA) is 48.0 Å². The number of nitrogens with zero attached hydrogens (tertiary/aromatic N) is 1. The smallest absolute Gasteiger partial charge is 0.227 e. The molecule has 0 aliphatic carbocycles. The van der Waals surface area contributed by atoms with Gasteiger partial charge in [-0.25, -0.2) is 4.39 Å². The van der Waals surface area contributed by atoms with E-state index in [-0.39, 0.29) is 24.2 Å². The van der Waals surface area contributed by atoms with Gasteiger partial charge in [0.05, 0.1) is 33.8 Å². The van der Waals surface area contributed by atoms with E-state index in [9.17, 15) is 9.18 Å². The third kappa shape index (κ3) is 4.14. The highest BCUT2D eigenvalue weighted by Crippen LogP contribution is 2.27. The molecule has 0 aromatic heterocycles. The van der Waals surface area contributed by atoms with E-state index in [1.165, 1.54) is 12.1 Å². The Morgan fingerprint density at radius 1 is 1.19 bits per heavy atom. The normalized spacial score (nSPS) is 17.0. The summed E-state index contributed by atoms with van der Waals surface area (Å²) in [4.78, 5) is 14.6. The molecule has 0 spiro atoms. The SMILES string of the molecule is COc1ccc(OC)c(CC(=O)N2CCOC(c3ccc(F)cc3)C2)c1. The van der Waals surface area contributed by atoms with E-state index >= 15 is 0 Å². The maximum absolute atomic E-state index is 13.1. The van der Waals surface area contributed by atoms with Crippen LogP contribution in [0.25, 0.3) is 0 Å². The second-order valence-electron chi connectivity index (χ2n) is 6.11. The fourth-order valence-corrected chi connectivity index (χ4v) is 3.05. The molecule has 2 aromatic rings. The van der Waals surface area contributed by atoms with Gasteiger partial charge in [0.25, 0.3) is 0 Å². The Morgan fingerprint density at radius 3 is 2.65 bits per heavy atom. The van der Waals surface area contributed by atoms with Gasteiger partial charge in [-0.1, -0.05) is 12.1 Å². The summed E-state index contributed by atoms with van der Waals surface area (Å²) < 4.78 is 29.4. The highest BCUT2D eigenvalue weighted by atomic mass is 19.1. The standard InChI is InChI=1S/C20H22FNO4/c1-24-17-7-8-18(25-2)15(11-17)12-20(23)22-9-10-26-19(13-22)14-3-5-16(21)6-4-14/h3-8,11,19H,9-10,12-13H2,1-2H3. The molecule has 1 amide bonds. The predicted octanol–water partition coefficient (Wildman–Crippen LogP) is 2.99. The first-order valence-electron chi connectivity index (χ1n) is 8.46. The number of morpholine rings is 1. The highest BCUT2D eigenvalue weighted by Gasteiger charge is 2.26. The number of rotatable bonds is 5. The van der Waals surface area contributed by atoms with Gasteiger partial charge in [-0.2, -0.15) is 0 Å².